The number of benzene rings is 3. The number of ketones is 1. The van der Waals surface area contributed by atoms with Crippen LogP contribution < -0.4 is 25.0 Å². The summed E-state index contributed by atoms with van der Waals surface area (Å²) in [5, 5.41) is 6.04. The van der Waals surface area contributed by atoms with Gasteiger partial charge < -0.3 is 29.9 Å². The second-order valence-electron chi connectivity index (χ2n) is 9.99. The zero-order valence-corrected chi connectivity index (χ0v) is 24.5. The van der Waals surface area contributed by atoms with Crippen molar-refractivity contribution in [3.8, 4) is 11.5 Å². The highest BCUT2D eigenvalue weighted by Crippen LogP contribution is 2.37. The first-order chi connectivity index (χ1) is 20.2. The summed E-state index contributed by atoms with van der Waals surface area (Å²) in [6, 6.07) is 22.0. The Hall–Kier alpha value is -4.96. The van der Waals surface area contributed by atoms with Gasteiger partial charge in [0.25, 0.3) is 0 Å². The van der Waals surface area contributed by atoms with Crippen molar-refractivity contribution in [1.29, 1.82) is 0 Å². The first-order valence-electron chi connectivity index (χ1n) is 13.5. The van der Waals surface area contributed by atoms with Crippen LogP contribution in [0.2, 0.25) is 0 Å². The lowest BCUT2D eigenvalue weighted by Gasteiger charge is -2.25. The van der Waals surface area contributed by atoms with Crippen LogP contribution in [-0.4, -0.2) is 67.9 Å². The van der Waals surface area contributed by atoms with E-state index >= 15 is 0 Å². The van der Waals surface area contributed by atoms with Crippen molar-refractivity contribution in [3.05, 3.63) is 95.8 Å². The van der Waals surface area contributed by atoms with E-state index in [1.54, 1.807) is 43.5 Å². The number of likely N-dealkylation sites (N-methyl/N-ethyl adjacent to an activating group) is 2. The van der Waals surface area contributed by atoms with Gasteiger partial charge in [0.05, 0.1) is 24.2 Å². The fourth-order valence-electron chi connectivity index (χ4n) is 4.17. The number of amides is 1. The second kappa shape index (κ2) is 14.1. The molecule has 0 aliphatic rings. The number of nitrogens with zero attached hydrogens (tertiary/aromatic N) is 4. The number of methoxy groups -OCH3 is 1. The van der Waals surface area contributed by atoms with Crippen molar-refractivity contribution in [1.82, 2.24) is 14.9 Å². The van der Waals surface area contributed by atoms with Gasteiger partial charge in [0.1, 0.15) is 23.8 Å². The topological polar surface area (TPSA) is 109 Å². The van der Waals surface area contributed by atoms with Crippen LogP contribution in [0.3, 0.4) is 0 Å². The highest BCUT2D eigenvalue weighted by molar-refractivity contribution is 6.07. The smallest absolute Gasteiger partial charge is 0.227 e. The van der Waals surface area contributed by atoms with Gasteiger partial charge in [0.2, 0.25) is 17.6 Å². The molecule has 4 rings (SSSR count). The van der Waals surface area contributed by atoms with Crippen molar-refractivity contribution in [2.75, 3.05) is 56.9 Å². The highest BCUT2D eigenvalue weighted by Gasteiger charge is 2.17. The molecule has 2 N–H and O–H groups in total. The van der Waals surface area contributed by atoms with Crippen LogP contribution in [0.1, 0.15) is 28.5 Å². The molecule has 42 heavy (non-hydrogen) atoms. The molecule has 0 saturated heterocycles. The SMILES string of the molecule is COc1cc(N(C)CCN(C)C)c(NC(C)=O)cc1Nc1nccc(C(=O)c2ccc(OCc3ccccc3)cc2)n1. The van der Waals surface area contributed by atoms with E-state index in [2.05, 4.69) is 25.5 Å². The molecule has 1 aromatic heterocycles. The van der Waals surface area contributed by atoms with Crippen molar-refractivity contribution in [2.45, 2.75) is 13.5 Å². The molecule has 0 unspecified atom stereocenters. The van der Waals surface area contributed by atoms with Gasteiger partial charge in [-0.15, -0.1) is 0 Å². The summed E-state index contributed by atoms with van der Waals surface area (Å²) in [7, 11) is 7.53. The zero-order valence-electron chi connectivity index (χ0n) is 24.5. The summed E-state index contributed by atoms with van der Waals surface area (Å²) in [5.74, 6) is 0.956. The minimum absolute atomic E-state index is 0.200. The Morgan fingerprint density at radius 1 is 0.905 bits per heavy atom. The molecule has 0 aliphatic heterocycles. The van der Waals surface area contributed by atoms with Crippen molar-refractivity contribution >= 4 is 34.7 Å². The lowest BCUT2D eigenvalue weighted by molar-refractivity contribution is -0.114. The van der Waals surface area contributed by atoms with Crippen LogP contribution in [0.5, 0.6) is 11.5 Å². The van der Waals surface area contributed by atoms with Crippen LogP contribution in [-0.2, 0) is 11.4 Å². The summed E-state index contributed by atoms with van der Waals surface area (Å²) in [5.41, 5.74) is 3.71. The molecule has 0 spiro atoms. The van der Waals surface area contributed by atoms with Crippen LogP contribution in [0.4, 0.5) is 23.0 Å². The van der Waals surface area contributed by atoms with Crippen LogP contribution in [0.15, 0.2) is 79.0 Å². The standard InChI is InChI=1S/C32H36N6O4/c1-22(39)34-27-19-28(30(41-5)20-29(27)38(4)18-17-37(2)3)36-32-33-16-15-26(35-32)31(40)24-11-13-25(14-12-24)42-21-23-9-7-6-8-10-23/h6-16,19-20H,17-18,21H2,1-5H3,(H,34,39)(H,33,35,36). The van der Waals surface area contributed by atoms with E-state index < -0.39 is 0 Å². The lowest BCUT2D eigenvalue weighted by Crippen LogP contribution is -2.29. The molecule has 0 aliphatic carbocycles. The van der Waals surface area contributed by atoms with Gasteiger partial charge in [0, 0.05) is 44.9 Å². The Balaban J connectivity index is 1.52. The normalized spacial score (nSPS) is 10.7. The average Bonchev–Trinajstić information content (AvgIpc) is 2.99. The molecule has 1 heterocycles. The number of aromatic nitrogens is 2. The summed E-state index contributed by atoms with van der Waals surface area (Å²) >= 11 is 0. The maximum Gasteiger partial charge on any atom is 0.227 e. The number of nitrogens with one attached hydrogen (secondary N) is 2. The molecular weight excluding hydrogens is 532 g/mol. The maximum atomic E-state index is 13.2. The summed E-state index contributed by atoms with van der Waals surface area (Å²) in [6.07, 6.45) is 1.52. The second-order valence-corrected chi connectivity index (χ2v) is 9.99. The monoisotopic (exact) mass is 568 g/mol. The third-order valence-corrected chi connectivity index (χ3v) is 6.42. The number of hydrogen-bond acceptors (Lipinski definition) is 9. The molecule has 0 bridgehead atoms. The molecule has 218 valence electrons. The third kappa shape index (κ3) is 8.05. The van der Waals surface area contributed by atoms with E-state index in [0.717, 1.165) is 24.3 Å². The van der Waals surface area contributed by atoms with Gasteiger partial charge in [0.15, 0.2) is 0 Å². The average molecular weight is 569 g/mol. The molecule has 0 atom stereocenters. The zero-order chi connectivity index (χ0) is 30.1. The van der Waals surface area contributed by atoms with Gasteiger partial charge in [-0.1, -0.05) is 30.3 Å². The fourth-order valence-corrected chi connectivity index (χ4v) is 4.17. The van der Waals surface area contributed by atoms with Gasteiger partial charge >= 0.3 is 0 Å². The van der Waals surface area contributed by atoms with Crippen LogP contribution in [0, 0.1) is 0 Å². The van der Waals surface area contributed by atoms with Crippen molar-refractivity contribution in [3.63, 3.8) is 0 Å². The summed E-state index contributed by atoms with van der Waals surface area (Å²) in [4.78, 5) is 38.1. The van der Waals surface area contributed by atoms with Crippen LogP contribution in [0.25, 0.3) is 0 Å². The lowest BCUT2D eigenvalue weighted by atomic mass is 10.1. The Bertz CT molecular complexity index is 1510. The largest absolute Gasteiger partial charge is 0.494 e. The Morgan fingerprint density at radius 2 is 1.64 bits per heavy atom. The molecule has 0 saturated carbocycles. The van der Waals surface area contributed by atoms with E-state index in [-0.39, 0.29) is 23.3 Å². The molecule has 4 aromatic rings. The minimum Gasteiger partial charge on any atom is -0.494 e. The summed E-state index contributed by atoms with van der Waals surface area (Å²) < 4.78 is 11.5. The van der Waals surface area contributed by atoms with Gasteiger partial charge in [-0.05, 0) is 56.1 Å². The van der Waals surface area contributed by atoms with Gasteiger partial charge in [-0.25, -0.2) is 9.97 Å². The number of carbonyl (C=O) groups is 2. The third-order valence-electron chi connectivity index (χ3n) is 6.42. The van der Waals surface area contributed by atoms with E-state index in [0.29, 0.717) is 35.0 Å². The molecule has 10 heteroatoms. The first kappa shape index (κ1) is 30.0. The Kier molecular flexibility index (Phi) is 10.1. The highest BCUT2D eigenvalue weighted by atomic mass is 16.5. The molecule has 10 nitrogen and oxygen atoms in total. The van der Waals surface area contributed by atoms with E-state index in [1.807, 2.05) is 62.4 Å². The minimum atomic E-state index is -0.251. The molecule has 0 radical (unpaired) electrons. The van der Waals surface area contributed by atoms with E-state index in [1.165, 1.54) is 13.1 Å². The fraction of sp³-hybridized carbons (Fsp3) is 0.250. The molecule has 1 amide bonds. The predicted molar refractivity (Wildman–Crippen MR) is 165 cm³/mol. The van der Waals surface area contributed by atoms with Gasteiger partial charge in [-0.3, -0.25) is 9.59 Å². The van der Waals surface area contributed by atoms with E-state index in [9.17, 15) is 9.59 Å². The first-order valence-corrected chi connectivity index (χ1v) is 13.5. The van der Waals surface area contributed by atoms with Crippen LogP contribution >= 0.6 is 0 Å². The van der Waals surface area contributed by atoms with Gasteiger partial charge in [-0.2, -0.15) is 0 Å². The number of ether oxygens (including phenoxy) is 2. The van der Waals surface area contributed by atoms with Crippen molar-refractivity contribution < 1.29 is 19.1 Å². The maximum absolute atomic E-state index is 13.2. The quantitative estimate of drug-likeness (QED) is 0.216. The van der Waals surface area contributed by atoms with Crippen molar-refractivity contribution in [2.24, 2.45) is 0 Å². The number of hydrogen-bond donors (Lipinski definition) is 2. The molecule has 0 fully saturated rings. The number of rotatable bonds is 13. The number of carbonyl (C=O) groups excluding carboxylic acids is 2. The predicted octanol–water partition coefficient (Wildman–Crippen LogP) is 5.00. The summed E-state index contributed by atoms with van der Waals surface area (Å²) in [6.45, 7) is 3.47. The molecular formula is C32H36N6O4. The number of anilines is 4. The Labute approximate surface area is 246 Å². The molecule has 3 aromatic carbocycles. The Morgan fingerprint density at radius 3 is 2.31 bits per heavy atom. The van der Waals surface area contributed by atoms with E-state index in [4.69, 9.17) is 9.47 Å².